The molecule has 0 unspecified atom stereocenters. The molecule has 0 saturated heterocycles. The molecule has 1 aromatic heterocycles. The Labute approximate surface area is 251 Å². The van der Waals surface area contributed by atoms with Gasteiger partial charge in [0.05, 0.1) is 11.4 Å². The van der Waals surface area contributed by atoms with Crippen molar-refractivity contribution >= 4 is 10.8 Å². The van der Waals surface area contributed by atoms with Crippen LogP contribution in [0, 0.1) is 0 Å². The Morgan fingerprint density at radius 2 is 1.05 bits per heavy atom. The second-order valence-corrected chi connectivity index (χ2v) is 12.2. The fraction of sp³-hybridized carbons (Fsp3) is 0.0732. The summed E-state index contributed by atoms with van der Waals surface area (Å²) in [6.45, 7) is 4.62. The molecule has 0 saturated carbocycles. The first-order valence-electron chi connectivity index (χ1n) is 14.9. The van der Waals surface area contributed by atoms with Gasteiger partial charge in [-0.15, -0.1) is 0 Å². The molecule has 2 aliphatic rings. The highest BCUT2D eigenvalue weighted by Crippen LogP contribution is 2.53. The maximum absolute atomic E-state index is 5.30. The molecule has 0 fully saturated rings. The summed E-state index contributed by atoms with van der Waals surface area (Å²) in [6, 6.07) is 48.0. The van der Waals surface area contributed by atoms with Gasteiger partial charge >= 0.3 is 0 Å². The summed E-state index contributed by atoms with van der Waals surface area (Å²) in [4.78, 5) is 10.5. The maximum atomic E-state index is 5.30. The highest BCUT2D eigenvalue weighted by Gasteiger charge is 2.40. The van der Waals surface area contributed by atoms with Gasteiger partial charge in [-0.2, -0.15) is 0 Å². The Bertz CT molecular complexity index is 2220. The molecule has 7 aromatic rings. The van der Waals surface area contributed by atoms with Crippen LogP contribution in [0.25, 0.3) is 78.1 Å². The van der Waals surface area contributed by atoms with E-state index in [4.69, 9.17) is 9.97 Å². The van der Waals surface area contributed by atoms with Gasteiger partial charge in [0.1, 0.15) is 0 Å². The molecule has 0 radical (unpaired) electrons. The highest BCUT2D eigenvalue weighted by molar-refractivity contribution is 6.18. The zero-order valence-electron chi connectivity index (χ0n) is 24.1. The van der Waals surface area contributed by atoms with Crippen LogP contribution in [0.3, 0.4) is 0 Å². The molecule has 0 amide bonds. The molecule has 6 aromatic carbocycles. The molecule has 0 bridgehead atoms. The highest BCUT2D eigenvalue weighted by atomic mass is 14.9. The van der Waals surface area contributed by atoms with Gasteiger partial charge in [-0.25, -0.2) is 9.97 Å². The van der Waals surface area contributed by atoms with E-state index < -0.39 is 0 Å². The van der Waals surface area contributed by atoms with Crippen molar-refractivity contribution in [3.8, 4) is 67.3 Å². The van der Waals surface area contributed by atoms with E-state index in [-0.39, 0.29) is 5.41 Å². The summed E-state index contributed by atoms with van der Waals surface area (Å²) in [5.74, 6) is 0.760. The van der Waals surface area contributed by atoms with Gasteiger partial charge in [-0.3, -0.25) is 0 Å². The fourth-order valence-electron chi connectivity index (χ4n) is 7.42. The lowest BCUT2D eigenvalue weighted by molar-refractivity contribution is 0.658. The summed E-state index contributed by atoms with van der Waals surface area (Å²) in [5, 5.41) is 2.64. The molecule has 9 rings (SSSR count). The van der Waals surface area contributed by atoms with Crippen LogP contribution >= 0.6 is 0 Å². The normalized spacial score (nSPS) is 13.5. The molecular formula is C41H28N2. The van der Waals surface area contributed by atoms with Crippen LogP contribution < -0.4 is 0 Å². The predicted molar refractivity (Wildman–Crippen MR) is 178 cm³/mol. The lowest BCUT2D eigenvalue weighted by Crippen LogP contribution is -2.17. The SMILES string of the molecule is CC1(C)c2ccc(-c3ccc4c5c(cccc35)-c3ccccc3-4)cc2-c2nc(-c3ccccc3)nc(-c3ccccc3)c21. The van der Waals surface area contributed by atoms with E-state index in [1.807, 2.05) is 6.07 Å². The van der Waals surface area contributed by atoms with Crippen molar-refractivity contribution < 1.29 is 0 Å². The minimum atomic E-state index is -0.243. The van der Waals surface area contributed by atoms with E-state index in [0.29, 0.717) is 0 Å². The Morgan fingerprint density at radius 1 is 0.442 bits per heavy atom. The number of aromatic nitrogens is 2. The van der Waals surface area contributed by atoms with E-state index in [0.717, 1.165) is 28.3 Å². The zero-order valence-corrected chi connectivity index (χ0v) is 24.1. The first-order valence-corrected chi connectivity index (χ1v) is 14.9. The molecule has 43 heavy (non-hydrogen) atoms. The molecule has 2 heteroatoms. The fourth-order valence-corrected chi connectivity index (χ4v) is 7.42. The molecule has 0 atom stereocenters. The minimum absolute atomic E-state index is 0.243. The van der Waals surface area contributed by atoms with Gasteiger partial charge < -0.3 is 0 Å². The van der Waals surface area contributed by atoms with Crippen LogP contribution in [0.4, 0.5) is 0 Å². The lowest BCUT2D eigenvalue weighted by atomic mass is 9.80. The largest absolute Gasteiger partial charge is 0.228 e. The van der Waals surface area contributed by atoms with Crippen molar-refractivity contribution in [1.29, 1.82) is 0 Å². The monoisotopic (exact) mass is 548 g/mol. The predicted octanol–water partition coefficient (Wildman–Crippen LogP) is 10.6. The second kappa shape index (κ2) is 8.83. The van der Waals surface area contributed by atoms with Crippen LogP contribution in [-0.2, 0) is 5.41 Å². The number of rotatable bonds is 3. The van der Waals surface area contributed by atoms with Crippen LogP contribution in [0.5, 0.6) is 0 Å². The van der Waals surface area contributed by atoms with E-state index in [1.165, 1.54) is 60.8 Å². The molecule has 1 heterocycles. The van der Waals surface area contributed by atoms with Gasteiger partial charge in [-0.1, -0.05) is 141 Å². The van der Waals surface area contributed by atoms with Crippen molar-refractivity contribution in [3.05, 3.63) is 145 Å². The number of hydrogen-bond acceptors (Lipinski definition) is 2. The summed E-state index contributed by atoms with van der Waals surface area (Å²) in [5.41, 5.74) is 15.4. The summed E-state index contributed by atoms with van der Waals surface area (Å²) in [7, 11) is 0. The average molecular weight is 549 g/mol. The molecule has 2 aliphatic carbocycles. The van der Waals surface area contributed by atoms with Crippen molar-refractivity contribution in [2.75, 3.05) is 0 Å². The third-order valence-electron chi connectivity index (χ3n) is 9.42. The van der Waals surface area contributed by atoms with Crippen molar-refractivity contribution in [2.24, 2.45) is 0 Å². The van der Waals surface area contributed by atoms with Gasteiger partial charge in [0.25, 0.3) is 0 Å². The first kappa shape index (κ1) is 24.3. The molecule has 2 nitrogen and oxygen atoms in total. The Balaban J connectivity index is 1.29. The van der Waals surface area contributed by atoms with Gasteiger partial charge in [-0.05, 0) is 55.8 Å². The van der Waals surface area contributed by atoms with Crippen LogP contribution in [0.2, 0.25) is 0 Å². The molecule has 0 aliphatic heterocycles. The van der Waals surface area contributed by atoms with Crippen molar-refractivity contribution in [2.45, 2.75) is 19.3 Å². The number of nitrogens with zero attached hydrogens (tertiary/aromatic N) is 2. The van der Waals surface area contributed by atoms with Crippen LogP contribution in [0.15, 0.2) is 133 Å². The summed E-state index contributed by atoms with van der Waals surface area (Å²) < 4.78 is 0. The molecular weight excluding hydrogens is 520 g/mol. The molecule has 0 N–H and O–H groups in total. The summed E-state index contributed by atoms with van der Waals surface area (Å²) in [6.07, 6.45) is 0. The Kier molecular flexibility index (Phi) is 4.99. The number of benzene rings is 6. The third-order valence-corrected chi connectivity index (χ3v) is 9.42. The first-order chi connectivity index (χ1) is 21.1. The average Bonchev–Trinajstić information content (AvgIpc) is 3.51. The quantitative estimate of drug-likeness (QED) is 0.219. The topological polar surface area (TPSA) is 25.8 Å². The van der Waals surface area contributed by atoms with E-state index in [2.05, 4.69) is 141 Å². The second-order valence-electron chi connectivity index (χ2n) is 12.2. The van der Waals surface area contributed by atoms with Crippen LogP contribution in [-0.4, -0.2) is 9.97 Å². The number of hydrogen-bond donors (Lipinski definition) is 0. The number of fused-ring (bicyclic) bond motifs is 6. The maximum Gasteiger partial charge on any atom is 0.160 e. The van der Waals surface area contributed by atoms with Crippen LogP contribution in [0.1, 0.15) is 25.0 Å². The Hall–Kier alpha value is -5.34. The van der Waals surface area contributed by atoms with E-state index in [1.54, 1.807) is 0 Å². The third kappa shape index (κ3) is 3.41. The van der Waals surface area contributed by atoms with E-state index in [9.17, 15) is 0 Å². The molecule has 0 spiro atoms. The standard InChI is InChI=1S/C41H28N2/c1-41(2)35-23-20-27(28-21-22-33-30-17-10-9-16-29(30)32-19-11-18-31(28)36(32)33)24-34(35)39-37(41)38(25-12-5-3-6-13-25)42-40(43-39)26-14-7-4-8-15-26/h3-24H,1-2H3. The van der Waals surface area contributed by atoms with Gasteiger partial charge in [0.15, 0.2) is 5.82 Å². The Morgan fingerprint density at radius 3 is 1.79 bits per heavy atom. The summed E-state index contributed by atoms with van der Waals surface area (Å²) >= 11 is 0. The zero-order chi connectivity index (χ0) is 28.7. The van der Waals surface area contributed by atoms with Crippen molar-refractivity contribution in [3.63, 3.8) is 0 Å². The smallest absolute Gasteiger partial charge is 0.160 e. The lowest BCUT2D eigenvalue weighted by Gasteiger charge is -2.24. The van der Waals surface area contributed by atoms with Gasteiger partial charge in [0, 0.05) is 27.7 Å². The minimum Gasteiger partial charge on any atom is -0.228 e. The van der Waals surface area contributed by atoms with E-state index >= 15 is 0 Å². The molecule has 202 valence electrons. The van der Waals surface area contributed by atoms with Crippen molar-refractivity contribution in [1.82, 2.24) is 9.97 Å². The van der Waals surface area contributed by atoms with Gasteiger partial charge in [0.2, 0.25) is 0 Å².